The number of amides is 1. The summed E-state index contributed by atoms with van der Waals surface area (Å²) >= 11 is 0. The molecule has 2 aliphatic rings. The second kappa shape index (κ2) is 7.89. The van der Waals surface area contributed by atoms with Crippen molar-refractivity contribution in [3.05, 3.63) is 65.7 Å². The molecule has 0 spiro atoms. The van der Waals surface area contributed by atoms with Gasteiger partial charge in [0.15, 0.2) is 6.10 Å². The third-order valence-electron chi connectivity index (χ3n) is 4.86. The summed E-state index contributed by atoms with van der Waals surface area (Å²) in [6.07, 6.45) is 0.349. The Hall–Kier alpha value is -2.04. The summed E-state index contributed by atoms with van der Waals surface area (Å²) < 4.78 is 5.84. The number of ether oxygens (including phenoxy) is 1. The van der Waals surface area contributed by atoms with Gasteiger partial charge in [0.05, 0.1) is 0 Å². The molecule has 1 atom stereocenters. The number of para-hydroxylation sites is 1. The highest BCUT2D eigenvalue weighted by atomic mass is 35.5. The number of nitrogens with zero attached hydrogens (tertiary/aromatic N) is 2. The number of halogens is 1. The Bertz CT molecular complexity index is 690. The number of carbonyl (C=O) groups is 1. The summed E-state index contributed by atoms with van der Waals surface area (Å²) in [7, 11) is 0. The lowest BCUT2D eigenvalue weighted by Crippen LogP contribution is -2.51. The van der Waals surface area contributed by atoms with Gasteiger partial charge < -0.3 is 9.64 Å². The highest BCUT2D eigenvalue weighted by Crippen LogP contribution is 2.29. The Kier molecular flexibility index (Phi) is 5.61. The molecule has 0 bridgehead atoms. The van der Waals surface area contributed by atoms with Gasteiger partial charge in [-0.15, -0.1) is 12.4 Å². The predicted molar refractivity (Wildman–Crippen MR) is 100 cm³/mol. The lowest BCUT2D eigenvalue weighted by atomic mass is 10.1. The van der Waals surface area contributed by atoms with Gasteiger partial charge in [-0.2, -0.15) is 0 Å². The molecule has 1 saturated heterocycles. The number of hydrogen-bond donors (Lipinski definition) is 0. The summed E-state index contributed by atoms with van der Waals surface area (Å²) in [5, 5.41) is 0. The van der Waals surface area contributed by atoms with Crippen molar-refractivity contribution >= 4 is 18.3 Å². The fourth-order valence-electron chi connectivity index (χ4n) is 3.49. The highest BCUT2D eigenvalue weighted by molar-refractivity contribution is 5.85. The molecule has 0 aliphatic carbocycles. The van der Waals surface area contributed by atoms with E-state index in [0.717, 1.165) is 44.0 Å². The zero-order chi connectivity index (χ0) is 16.4. The van der Waals surface area contributed by atoms with Crippen LogP contribution in [0.3, 0.4) is 0 Å². The molecule has 1 amide bonds. The smallest absolute Gasteiger partial charge is 0.264 e. The maximum atomic E-state index is 12.7. The summed E-state index contributed by atoms with van der Waals surface area (Å²) in [5.74, 6) is 0.990. The minimum Gasteiger partial charge on any atom is -0.480 e. The molecular weight excluding hydrogens is 336 g/mol. The van der Waals surface area contributed by atoms with E-state index in [2.05, 4.69) is 29.2 Å². The molecule has 132 valence electrons. The largest absolute Gasteiger partial charge is 0.480 e. The van der Waals surface area contributed by atoms with Crippen molar-refractivity contribution in [2.24, 2.45) is 0 Å². The van der Waals surface area contributed by atoms with E-state index in [1.54, 1.807) is 0 Å². The standard InChI is InChI=1S/C20H22N2O2.ClH/c23-20(19-14-17-8-4-5-9-18(17)24-19)22-12-10-21(11-13-22)15-16-6-2-1-3-7-16;/h1-9,19H,10-15H2;1H. The second-order valence-corrected chi connectivity index (χ2v) is 6.51. The molecule has 0 N–H and O–H groups in total. The van der Waals surface area contributed by atoms with Gasteiger partial charge in [-0.1, -0.05) is 48.5 Å². The van der Waals surface area contributed by atoms with Crippen LogP contribution in [0.5, 0.6) is 5.75 Å². The maximum Gasteiger partial charge on any atom is 0.264 e. The predicted octanol–water partition coefficient (Wildman–Crippen LogP) is 2.76. The summed E-state index contributed by atoms with van der Waals surface area (Å²) in [4.78, 5) is 17.1. The molecule has 0 aromatic heterocycles. The zero-order valence-electron chi connectivity index (χ0n) is 14.1. The van der Waals surface area contributed by atoms with Crippen molar-refractivity contribution < 1.29 is 9.53 Å². The molecule has 2 aliphatic heterocycles. The van der Waals surface area contributed by atoms with Crippen molar-refractivity contribution in [1.82, 2.24) is 9.80 Å². The van der Waals surface area contributed by atoms with Crippen LogP contribution >= 0.6 is 12.4 Å². The third kappa shape index (κ3) is 3.97. The number of benzene rings is 2. The average molecular weight is 359 g/mol. The first-order valence-electron chi connectivity index (χ1n) is 8.59. The molecule has 5 heteroatoms. The van der Waals surface area contributed by atoms with Gasteiger partial charge in [0.1, 0.15) is 5.75 Å². The van der Waals surface area contributed by atoms with Crippen LogP contribution in [0.1, 0.15) is 11.1 Å². The van der Waals surface area contributed by atoms with Crippen LogP contribution in [-0.4, -0.2) is 48.0 Å². The second-order valence-electron chi connectivity index (χ2n) is 6.51. The van der Waals surface area contributed by atoms with Crippen molar-refractivity contribution in [2.75, 3.05) is 26.2 Å². The van der Waals surface area contributed by atoms with Crippen molar-refractivity contribution in [3.8, 4) is 5.75 Å². The number of hydrogen-bond acceptors (Lipinski definition) is 3. The van der Waals surface area contributed by atoms with Crippen LogP contribution in [0.15, 0.2) is 54.6 Å². The Morgan fingerprint density at radius 2 is 1.64 bits per heavy atom. The molecular formula is C20H23ClN2O2. The molecule has 2 aromatic carbocycles. The Morgan fingerprint density at radius 1 is 0.960 bits per heavy atom. The van der Waals surface area contributed by atoms with Crippen molar-refractivity contribution in [3.63, 3.8) is 0 Å². The first-order valence-corrected chi connectivity index (χ1v) is 8.59. The molecule has 1 unspecified atom stereocenters. The SMILES string of the molecule is Cl.O=C(C1Cc2ccccc2O1)N1CCN(Cc2ccccc2)CC1. The van der Waals surface area contributed by atoms with E-state index in [0.29, 0.717) is 6.42 Å². The van der Waals surface area contributed by atoms with E-state index >= 15 is 0 Å². The summed E-state index contributed by atoms with van der Waals surface area (Å²) in [5.41, 5.74) is 2.46. The Morgan fingerprint density at radius 3 is 2.36 bits per heavy atom. The average Bonchev–Trinajstić information content (AvgIpc) is 3.07. The van der Waals surface area contributed by atoms with Crippen molar-refractivity contribution in [1.29, 1.82) is 0 Å². The third-order valence-corrected chi connectivity index (χ3v) is 4.86. The zero-order valence-corrected chi connectivity index (χ0v) is 15.0. The van der Waals surface area contributed by atoms with Gasteiger partial charge in [0, 0.05) is 39.1 Å². The van der Waals surface area contributed by atoms with E-state index in [4.69, 9.17) is 4.74 Å². The fourth-order valence-corrected chi connectivity index (χ4v) is 3.49. The van der Waals surface area contributed by atoms with Gasteiger partial charge in [-0.05, 0) is 17.2 Å². The lowest BCUT2D eigenvalue weighted by Gasteiger charge is -2.35. The van der Waals surface area contributed by atoms with Crippen LogP contribution in [0.4, 0.5) is 0 Å². The van der Waals surface area contributed by atoms with Gasteiger partial charge in [-0.3, -0.25) is 9.69 Å². The van der Waals surface area contributed by atoms with Crippen molar-refractivity contribution in [2.45, 2.75) is 19.1 Å². The lowest BCUT2D eigenvalue weighted by molar-refractivity contribution is -0.139. The minimum absolute atomic E-state index is 0. The first-order chi connectivity index (χ1) is 11.8. The topological polar surface area (TPSA) is 32.8 Å². The van der Waals surface area contributed by atoms with Gasteiger partial charge >= 0.3 is 0 Å². The molecule has 2 heterocycles. The van der Waals surface area contributed by atoms with Crippen LogP contribution in [0.25, 0.3) is 0 Å². The van der Waals surface area contributed by atoms with Crippen LogP contribution in [-0.2, 0) is 17.8 Å². The first kappa shape index (κ1) is 17.8. The fraction of sp³-hybridized carbons (Fsp3) is 0.350. The summed E-state index contributed by atoms with van der Waals surface area (Å²) in [6, 6.07) is 18.4. The molecule has 4 rings (SSSR count). The monoisotopic (exact) mass is 358 g/mol. The molecule has 25 heavy (non-hydrogen) atoms. The highest BCUT2D eigenvalue weighted by Gasteiger charge is 2.33. The van der Waals surface area contributed by atoms with E-state index in [9.17, 15) is 4.79 Å². The van der Waals surface area contributed by atoms with E-state index in [1.807, 2.05) is 35.2 Å². The Labute approximate surface area is 154 Å². The van der Waals surface area contributed by atoms with E-state index in [-0.39, 0.29) is 24.4 Å². The van der Waals surface area contributed by atoms with Gasteiger partial charge in [0.2, 0.25) is 0 Å². The normalized spacial score (nSPS) is 19.7. The number of rotatable bonds is 3. The van der Waals surface area contributed by atoms with Crippen LogP contribution in [0, 0.1) is 0 Å². The number of fused-ring (bicyclic) bond motifs is 1. The van der Waals surface area contributed by atoms with Crippen LogP contribution < -0.4 is 4.74 Å². The minimum atomic E-state index is -0.344. The number of carbonyl (C=O) groups excluding carboxylic acids is 1. The van der Waals surface area contributed by atoms with Crippen LogP contribution in [0.2, 0.25) is 0 Å². The molecule has 2 aromatic rings. The number of piperazine rings is 1. The molecule has 1 fully saturated rings. The van der Waals surface area contributed by atoms with E-state index < -0.39 is 0 Å². The molecule has 0 saturated carbocycles. The molecule has 0 radical (unpaired) electrons. The molecule has 4 nitrogen and oxygen atoms in total. The summed E-state index contributed by atoms with van der Waals surface area (Å²) in [6.45, 7) is 4.35. The quantitative estimate of drug-likeness (QED) is 0.845. The van der Waals surface area contributed by atoms with E-state index in [1.165, 1.54) is 5.56 Å². The van der Waals surface area contributed by atoms with Gasteiger partial charge in [0.25, 0.3) is 5.91 Å². The Balaban J connectivity index is 0.00000182. The maximum absolute atomic E-state index is 12.7. The van der Waals surface area contributed by atoms with Gasteiger partial charge in [-0.25, -0.2) is 0 Å².